The summed E-state index contributed by atoms with van der Waals surface area (Å²) < 4.78 is 0.726. The van der Waals surface area contributed by atoms with Crippen molar-refractivity contribution in [3.05, 3.63) is 28.5 Å². The Morgan fingerprint density at radius 2 is 2.05 bits per heavy atom. The van der Waals surface area contributed by atoms with Gasteiger partial charge in [0.2, 0.25) is 0 Å². The molecule has 6 heteroatoms. The second-order valence-electron chi connectivity index (χ2n) is 5.71. The van der Waals surface area contributed by atoms with Crippen molar-refractivity contribution in [2.24, 2.45) is 0 Å². The minimum absolute atomic E-state index is 0.0413. The van der Waals surface area contributed by atoms with Gasteiger partial charge in [0.15, 0.2) is 0 Å². The van der Waals surface area contributed by atoms with Gasteiger partial charge in [0.1, 0.15) is 5.69 Å². The number of rotatable bonds is 3. The number of aliphatic hydroxyl groups is 1. The lowest BCUT2D eigenvalue weighted by molar-refractivity contribution is 0.0177. The number of nitrogens with zero attached hydrogens (tertiary/aromatic N) is 3. The molecule has 0 aromatic carbocycles. The summed E-state index contributed by atoms with van der Waals surface area (Å²) in [5.74, 6) is -0.0413. The highest BCUT2D eigenvalue weighted by Crippen LogP contribution is 2.17. The molecule has 0 radical (unpaired) electrons. The number of β-amino-alcohol motifs (C(OH)–C–C–N with tert-alkyl or cyclic N) is 1. The summed E-state index contributed by atoms with van der Waals surface area (Å²) in [6, 6.07) is 3.62. The van der Waals surface area contributed by atoms with Crippen LogP contribution < -0.4 is 0 Å². The number of carbonyl (C=O) groups is 1. The maximum absolute atomic E-state index is 12.4. The molecule has 1 aromatic heterocycles. The molecule has 0 saturated carbocycles. The van der Waals surface area contributed by atoms with E-state index in [0.29, 0.717) is 25.3 Å². The van der Waals surface area contributed by atoms with Crippen LogP contribution in [0.15, 0.2) is 22.8 Å². The minimum Gasteiger partial charge on any atom is -0.389 e. The molecule has 0 bridgehead atoms. The molecule has 2 heterocycles. The molecular weight excluding hydrogens is 322 g/mol. The largest absolute Gasteiger partial charge is 0.389 e. The predicted octanol–water partition coefficient (Wildman–Crippen LogP) is 1.37. The maximum Gasteiger partial charge on any atom is 0.273 e. The van der Waals surface area contributed by atoms with E-state index in [0.717, 1.165) is 17.6 Å². The first-order chi connectivity index (χ1) is 9.37. The second-order valence-corrected chi connectivity index (χ2v) is 6.57. The van der Waals surface area contributed by atoms with Crippen LogP contribution in [-0.4, -0.2) is 64.1 Å². The van der Waals surface area contributed by atoms with Crippen LogP contribution in [0.3, 0.4) is 0 Å². The summed E-state index contributed by atoms with van der Waals surface area (Å²) in [6.45, 7) is 7.11. The Kier molecular flexibility index (Phi) is 4.78. The molecule has 0 unspecified atom stereocenters. The van der Waals surface area contributed by atoms with Crippen molar-refractivity contribution >= 4 is 21.8 Å². The Hall–Kier alpha value is -0.980. The maximum atomic E-state index is 12.4. The molecule has 110 valence electrons. The topological polar surface area (TPSA) is 56.7 Å². The first-order valence-corrected chi connectivity index (χ1v) is 7.51. The highest BCUT2D eigenvalue weighted by molar-refractivity contribution is 9.10. The van der Waals surface area contributed by atoms with Crippen molar-refractivity contribution in [1.82, 2.24) is 14.8 Å². The van der Waals surface area contributed by atoms with E-state index >= 15 is 0 Å². The van der Waals surface area contributed by atoms with Crippen molar-refractivity contribution in [3.63, 3.8) is 0 Å². The summed E-state index contributed by atoms with van der Waals surface area (Å²) in [7, 11) is 0. The summed E-state index contributed by atoms with van der Waals surface area (Å²) in [5.41, 5.74) is -0.237. The van der Waals surface area contributed by atoms with Gasteiger partial charge in [-0.3, -0.25) is 9.69 Å². The fraction of sp³-hybridized carbons (Fsp3) is 0.571. The third-order valence-corrected chi connectivity index (χ3v) is 3.87. The van der Waals surface area contributed by atoms with E-state index in [1.165, 1.54) is 0 Å². The van der Waals surface area contributed by atoms with Crippen LogP contribution in [0, 0.1) is 0 Å². The van der Waals surface area contributed by atoms with E-state index < -0.39 is 5.60 Å². The number of carbonyl (C=O) groups excluding carboxylic acids is 1. The average molecular weight is 342 g/mol. The zero-order valence-corrected chi connectivity index (χ0v) is 13.4. The number of piperazine rings is 1. The van der Waals surface area contributed by atoms with Gasteiger partial charge >= 0.3 is 0 Å². The second kappa shape index (κ2) is 6.20. The Morgan fingerprint density at radius 1 is 1.40 bits per heavy atom. The number of amides is 1. The van der Waals surface area contributed by atoms with E-state index in [1.807, 2.05) is 11.0 Å². The number of halogens is 1. The highest BCUT2D eigenvalue weighted by atomic mass is 79.9. The van der Waals surface area contributed by atoms with Gasteiger partial charge in [-0.05, 0) is 41.9 Å². The van der Waals surface area contributed by atoms with Crippen molar-refractivity contribution in [3.8, 4) is 0 Å². The average Bonchev–Trinajstić information content (AvgIpc) is 2.37. The fourth-order valence-electron chi connectivity index (χ4n) is 2.35. The van der Waals surface area contributed by atoms with Crippen molar-refractivity contribution in [1.29, 1.82) is 0 Å². The Morgan fingerprint density at radius 3 is 2.60 bits per heavy atom. The molecule has 20 heavy (non-hydrogen) atoms. The highest BCUT2D eigenvalue weighted by Gasteiger charge is 2.26. The number of pyridine rings is 1. The SMILES string of the molecule is CC(C)(O)CN1CCN(C(=O)c2ncccc2Br)CC1. The van der Waals surface area contributed by atoms with Crippen LogP contribution in [0.2, 0.25) is 0 Å². The van der Waals surface area contributed by atoms with E-state index in [9.17, 15) is 9.90 Å². The van der Waals surface area contributed by atoms with E-state index in [2.05, 4.69) is 25.8 Å². The molecule has 0 aliphatic carbocycles. The van der Waals surface area contributed by atoms with Gasteiger partial charge in [-0.2, -0.15) is 0 Å². The third kappa shape index (κ3) is 4.01. The summed E-state index contributed by atoms with van der Waals surface area (Å²) in [6.07, 6.45) is 1.63. The van der Waals surface area contributed by atoms with Crippen LogP contribution in [0.25, 0.3) is 0 Å². The molecule has 1 amide bonds. The van der Waals surface area contributed by atoms with Crippen LogP contribution >= 0.6 is 15.9 Å². The van der Waals surface area contributed by atoms with Gasteiger partial charge in [-0.15, -0.1) is 0 Å². The fourth-order valence-corrected chi connectivity index (χ4v) is 2.77. The minimum atomic E-state index is -0.698. The van der Waals surface area contributed by atoms with Crippen molar-refractivity contribution < 1.29 is 9.90 Å². The van der Waals surface area contributed by atoms with Crippen molar-refractivity contribution in [2.45, 2.75) is 19.4 Å². The van der Waals surface area contributed by atoms with Crippen LogP contribution in [0.1, 0.15) is 24.3 Å². The van der Waals surface area contributed by atoms with E-state index in [1.54, 1.807) is 26.1 Å². The Balaban J connectivity index is 1.94. The van der Waals surface area contributed by atoms with Crippen LogP contribution in [0.5, 0.6) is 0 Å². The van der Waals surface area contributed by atoms with E-state index in [-0.39, 0.29) is 5.91 Å². The molecule has 1 aliphatic rings. The third-order valence-electron chi connectivity index (χ3n) is 3.23. The predicted molar refractivity (Wildman–Crippen MR) is 80.6 cm³/mol. The molecule has 5 nitrogen and oxygen atoms in total. The first kappa shape index (κ1) is 15.4. The Bertz CT molecular complexity index is 480. The molecule has 0 spiro atoms. The normalized spacial score (nSPS) is 17.3. The number of aromatic nitrogens is 1. The van der Waals surface area contributed by atoms with Gasteiger partial charge < -0.3 is 10.0 Å². The molecule has 2 rings (SSSR count). The molecule has 1 aromatic rings. The van der Waals surface area contributed by atoms with Gasteiger partial charge in [-0.25, -0.2) is 4.98 Å². The zero-order valence-electron chi connectivity index (χ0n) is 11.8. The van der Waals surface area contributed by atoms with E-state index in [4.69, 9.17) is 0 Å². The Labute approximate surface area is 127 Å². The van der Waals surface area contributed by atoms with Gasteiger partial charge in [0, 0.05) is 43.4 Å². The van der Waals surface area contributed by atoms with Crippen LogP contribution in [-0.2, 0) is 0 Å². The molecule has 0 atom stereocenters. The zero-order chi connectivity index (χ0) is 14.8. The quantitative estimate of drug-likeness (QED) is 0.902. The molecule has 1 fully saturated rings. The van der Waals surface area contributed by atoms with Crippen LogP contribution in [0.4, 0.5) is 0 Å². The smallest absolute Gasteiger partial charge is 0.273 e. The first-order valence-electron chi connectivity index (χ1n) is 6.71. The van der Waals surface area contributed by atoms with Gasteiger partial charge in [-0.1, -0.05) is 0 Å². The lowest BCUT2D eigenvalue weighted by Gasteiger charge is -2.37. The summed E-state index contributed by atoms with van der Waals surface area (Å²) >= 11 is 3.36. The number of hydrogen-bond donors (Lipinski definition) is 1. The van der Waals surface area contributed by atoms with Crippen molar-refractivity contribution in [2.75, 3.05) is 32.7 Å². The number of hydrogen-bond acceptors (Lipinski definition) is 4. The lowest BCUT2D eigenvalue weighted by Crippen LogP contribution is -2.52. The van der Waals surface area contributed by atoms with Gasteiger partial charge in [0.25, 0.3) is 5.91 Å². The van der Waals surface area contributed by atoms with Gasteiger partial charge in [0.05, 0.1) is 5.60 Å². The molecular formula is C14H20BrN3O2. The summed E-state index contributed by atoms with van der Waals surface area (Å²) in [5, 5.41) is 9.82. The monoisotopic (exact) mass is 341 g/mol. The summed E-state index contributed by atoms with van der Waals surface area (Å²) in [4.78, 5) is 20.5. The molecule has 1 saturated heterocycles. The molecule has 1 N–H and O–H groups in total. The standard InChI is InChI=1S/C14H20BrN3O2/c1-14(2,20)10-17-6-8-18(9-7-17)13(19)12-11(15)4-3-5-16-12/h3-5,20H,6-10H2,1-2H3. The molecule has 1 aliphatic heterocycles. The lowest BCUT2D eigenvalue weighted by atomic mass is 10.1.